The highest BCUT2D eigenvalue weighted by atomic mass is 32.2. The van der Waals surface area contributed by atoms with Gasteiger partial charge in [-0.15, -0.1) is 0 Å². The van der Waals surface area contributed by atoms with E-state index >= 15 is 0 Å². The van der Waals surface area contributed by atoms with Gasteiger partial charge in [0.2, 0.25) is 0 Å². The van der Waals surface area contributed by atoms with Gasteiger partial charge in [0.05, 0.1) is 16.2 Å². The van der Waals surface area contributed by atoms with E-state index < -0.39 is 28.4 Å². The van der Waals surface area contributed by atoms with E-state index in [9.17, 15) is 20.1 Å². The molecule has 9 nitrogen and oxygen atoms in total. The molecule has 1 aliphatic heterocycles. The topological polar surface area (TPSA) is 138 Å². The van der Waals surface area contributed by atoms with E-state index in [1.54, 1.807) is 26.4 Å². The lowest BCUT2D eigenvalue weighted by Crippen LogP contribution is -2.62. The summed E-state index contributed by atoms with van der Waals surface area (Å²) in [6.07, 6.45) is 6.30. The van der Waals surface area contributed by atoms with E-state index in [1.165, 1.54) is 4.90 Å². The molecule has 1 fully saturated rings. The Morgan fingerprint density at radius 3 is 2.20 bits per heavy atom. The van der Waals surface area contributed by atoms with Crippen molar-refractivity contribution in [3.8, 4) is 0 Å². The van der Waals surface area contributed by atoms with E-state index in [0.717, 1.165) is 0 Å². The van der Waals surface area contributed by atoms with Gasteiger partial charge in [-0.05, 0) is 12.2 Å². The van der Waals surface area contributed by atoms with Crippen LogP contribution in [-0.4, -0.2) is 95.5 Å². The van der Waals surface area contributed by atoms with Crippen LogP contribution < -0.4 is 0 Å². The SMILES string of the molecule is CN(C)C(=O)[N+]1(C2CC(CO)C(O)C2O)C=CC=CC1.CS(=O)(=O)[O-]. The van der Waals surface area contributed by atoms with Crippen LogP contribution in [0.2, 0.25) is 0 Å². The summed E-state index contributed by atoms with van der Waals surface area (Å²) in [4.78, 5) is 14.1. The van der Waals surface area contributed by atoms with E-state index in [0.29, 0.717) is 19.2 Å². The minimum atomic E-state index is -3.92. The van der Waals surface area contributed by atoms with Gasteiger partial charge in [-0.25, -0.2) is 17.7 Å². The molecule has 2 aliphatic rings. The zero-order valence-electron chi connectivity index (χ0n) is 14.5. The van der Waals surface area contributed by atoms with Crippen LogP contribution in [0.3, 0.4) is 0 Å². The van der Waals surface area contributed by atoms with Gasteiger partial charge in [-0.3, -0.25) is 4.90 Å². The lowest BCUT2D eigenvalue weighted by Gasteiger charge is -2.40. The number of aliphatic hydroxyl groups excluding tert-OH is 3. The Bertz CT molecular complexity index is 624. The molecular weight excluding hydrogens is 352 g/mol. The predicted molar refractivity (Wildman–Crippen MR) is 89.1 cm³/mol. The fourth-order valence-electron chi connectivity index (χ4n) is 3.22. The van der Waals surface area contributed by atoms with Crippen LogP contribution in [0.1, 0.15) is 6.42 Å². The predicted octanol–water partition coefficient (Wildman–Crippen LogP) is -1.17. The van der Waals surface area contributed by atoms with Crippen molar-refractivity contribution in [2.75, 3.05) is 33.5 Å². The number of rotatable bonds is 2. The number of nitrogens with zero attached hydrogens (tertiary/aromatic N) is 2. The fourth-order valence-corrected chi connectivity index (χ4v) is 3.22. The summed E-state index contributed by atoms with van der Waals surface area (Å²) in [5.41, 5.74) is 0. The molecule has 0 aromatic heterocycles. The van der Waals surface area contributed by atoms with Crippen LogP contribution in [0.5, 0.6) is 0 Å². The standard InChI is InChI=1S/C14H23N2O4.CH4O3S/c1-15(2)14(20)16(6-4-3-5-7-16)11-8-10(9-17)12(18)13(11)19;1-5(2,3)4/h3-6,10-13,17-19H,7-9H2,1-2H3;1H3,(H,2,3,4)/q+1;/p-1. The summed E-state index contributed by atoms with van der Waals surface area (Å²) >= 11 is 0. The van der Waals surface area contributed by atoms with Gasteiger partial charge >= 0.3 is 6.03 Å². The lowest BCUT2D eigenvalue weighted by molar-refractivity contribution is -0.827. The lowest BCUT2D eigenvalue weighted by atomic mass is 10.1. The maximum Gasteiger partial charge on any atom is 0.423 e. The van der Waals surface area contributed by atoms with Crippen LogP contribution in [0, 0.1) is 5.92 Å². The first-order chi connectivity index (χ1) is 11.4. The van der Waals surface area contributed by atoms with Crippen molar-refractivity contribution in [1.82, 2.24) is 4.90 Å². The van der Waals surface area contributed by atoms with E-state index in [2.05, 4.69) is 0 Å². The summed E-state index contributed by atoms with van der Waals surface area (Å²) in [6.45, 7) is 0.255. The summed E-state index contributed by atoms with van der Waals surface area (Å²) in [7, 11) is -0.564. The molecule has 5 atom stereocenters. The maximum atomic E-state index is 12.6. The van der Waals surface area contributed by atoms with Crippen molar-refractivity contribution in [3.63, 3.8) is 0 Å². The third-order valence-electron chi connectivity index (χ3n) is 4.34. The highest BCUT2D eigenvalue weighted by Crippen LogP contribution is 2.36. The number of allylic oxidation sites excluding steroid dienone is 2. The van der Waals surface area contributed by atoms with Gasteiger partial charge in [-0.2, -0.15) is 0 Å². The highest BCUT2D eigenvalue weighted by molar-refractivity contribution is 7.84. The van der Waals surface area contributed by atoms with Gasteiger partial charge in [0, 0.05) is 39.3 Å². The number of carbonyl (C=O) groups excluding carboxylic acids is 1. The Labute approximate surface area is 147 Å². The van der Waals surface area contributed by atoms with Crippen LogP contribution in [-0.2, 0) is 10.1 Å². The quantitative estimate of drug-likeness (QED) is 0.407. The monoisotopic (exact) mass is 378 g/mol. The van der Waals surface area contributed by atoms with Crippen molar-refractivity contribution in [2.45, 2.75) is 24.7 Å². The van der Waals surface area contributed by atoms with Crippen LogP contribution in [0.4, 0.5) is 4.79 Å². The Balaban J connectivity index is 0.000000550. The molecule has 10 heteroatoms. The molecule has 5 unspecified atom stereocenters. The molecule has 3 N–H and O–H groups in total. The van der Waals surface area contributed by atoms with Crippen LogP contribution in [0.25, 0.3) is 0 Å². The molecule has 1 heterocycles. The molecule has 25 heavy (non-hydrogen) atoms. The summed E-state index contributed by atoms with van der Waals surface area (Å²) in [5.74, 6) is -0.390. The van der Waals surface area contributed by atoms with Crippen molar-refractivity contribution < 1.29 is 37.6 Å². The average molecular weight is 378 g/mol. The molecule has 0 bridgehead atoms. The second-order valence-electron chi connectivity index (χ2n) is 6.49. The summed E-state index contributed by atoms with van der Waals surface area (Å²) < 4.78 is 27.2. The third-order valence-corrected chi connectivity index (χ3v) is 4.34. The van der Waals surface area contributed by atoms with Crippen molar-refractivity contribution >= 4 is 16.1 Å². The number of quaternary nitrogens is 1. The van der Waals surface area contributed by atoms with E-state index in [4.69, 9.17) is 13.0 Å². The molecule has 1 aliphatic carbocycles. The first-order valence-corrected chi connectivity index (χ1v) is 9.57. The molecule has 1 saturated carbocycles. The summed E-state index contributed by atoms with van der Waals surface area (Å²) in [6, 6.07) is -0.585. The molecule has 0 saturated heterocycles. The molecule has 144 valence electrons. The number of aliphatic hydroxyl groups is 3. The molecule has 2 amide bonds. The van der Waals surface area contributed by atoms with Crippen LogP contribution >= 0.6 is 0 Å². The molecule has 0 aromatic carbocycles. The third kappa shape index (κ3) is 5.33. The Kier molecular flexibility index (Phi) is 7.29. The van der Waals surface area contributed by atoms with Crippen molar-refractivity contribution in [1.29, 1.82) is 0 Å². The minimum absolute atomic E-state index is 0.0434. The van der Waals surface area contributed by atoms with Gasteiger partial charge in [-0.1, -0.05) is 6.08 Å². The first-order valence-electron chi connectivity index (χ1n) is 7.75. The number of hydrogen-bond acceptors (Lipinski definition) is 7. The zero-order valence-corrected chi connectivity index (χ0v) is 15.3. The maximum absolute atomic E-state index is 12.6. The second-order valence-corrected chi connectivity index (χ2v) is 7.90. The zero-order chi connectivity index (χ0) is 19.4. The number of carbonyl (C=O) groups is 1. The highest BCUT2D eigenvalue weighted by Gasteiger charge is 2.55. The Morgan fingerprint density at radius 2 is 1.84 bits per heavy atom. The largest absolute Gasteiger partial charge is 0.748 e. The normalized spacial score (nSPS) is 34.4. The Hall–Kier alpha value is -1.30. The molecular formula is C15H26N2O7S. The Morgan fingerprint density at radius 1 is 1.28 bits per heavy atom. The van der Waals surface area contributed by atoms with Crippen molar-refractivity contribution in [3.05, 3.63) is 24.4 Å². The van der Waals surface area contributed by atoms with Gasteiger partial charge in [0.25, 0.3) is 0 Å². The van der Waals surface area contributed by atoms with E-state index in [-0.39, 0.29) is 23.0 Å². The average Bonchev–Trinajstić information content (AvgIpc) is 2.81. The van der Waals surface area contributed by atoms with Gasteiger partial charge < -0.3 is 19.9 Å². The van der Waals surface area contributed by atoms with E-state index in [1.807, 2.05) is 12.2 Å². The molecule has 2 rings (SSSR count). The fraction of sp³-hybridized carbons (Fsp3) is 0.667. The number of hydrogen-bond donors (Lipinski definition) is 3. The van der Waals surface area contributed by atoms with Gasteiger partial charge in [0.15, 0.2) is 0 Å². The van der Waals surface area contributed by atoms with Gasteiger partial charge in [0.1, 0.15) is 24.9 Å². The minimum Gasteiger partial charge on any atom is -0.748 e. The molecule has 0 spiro atoms. The van der Waals surface area contributed by atoms with Crippen molar-refractivity contribution in [2.24, 2.45) is 5.92 Å². The number of amides is 2. The smallest absolute Gasteiger partial charge is 0.423 e. The summed E-state index contributed by atoms with van der Waals surface area (Å²) in [5, 5.41) is 29.6. The second kappa shape index (κ2) is 8.39. The first kappa shape index (κ1) is 21.7. The molecule has 0 aromatic rings. The molecule has 0 radical (unpaired) electrons. The number of urea groups is 1. The van der Waals surface area contributed by atoms with Crippen LogP contribution in [0.15, 0.2) is 24.4 Å².